The second-order valence-corrected chi connectivity index (χ2v) is 7.42. The van der Waals surface area contributed by atoms with E-state index in [9.17, 15) is 4.79 Å². The predicted octanol–water partition coefficient (Wildman–Crippen LogP) is 4.37. The molecule has 3 aromatic rings. The number of anilines is 1. The molecule has 0 fully saturated rings. The lowest BCUT2D eigenvalue weighted by molar-refractivity contribution is -0.117. The summed E-state index contributed by atoms with van der Waals surface area (Å²) in [6.07, 6.45) is 0.285. The average Bonchev–Trinajstić information content (AvgIpc) is 2.68. The van der Waals surface area contributed by atoms with Gasteiger partial charge in [-0.15, -0.1) is 0 Å². The van der Waals surface area contributed by atoms with E-state index >= 15 is 0 Å². The first-order chi connectivity index (χ1) is 13.1. The predicted molar refractivity (Wildman–Crippen MR) is 109 cm³/mol. The van der Waals surface area contributed by atoms with Gasteiger partial charge < -0.3 is 4.90 Å². The number of nitriles is 1. The minimum atomic E-state index is -0.346. The Morgan fingerprint density at radius 3 is 2.59 bits per heavy atom. The van der Waals surface area contributed by atoms with E-state index in [1.165, 1.54) is 11.8 Å². The number of hydrogen-bond donors (Lipinski definition) is 0. The standard InChI is InChI=1S/C21H20N4OS/c1-15(21(26)25(14-8-13-22)17-9-4-3-5-10-17)27-20-18-11-6-7-12-19(18)23-16(2)24-20/h3-7,9-12,15H,8,14H2,1-2H3/t15-/m0/s1. The van der Waals surface area contributed by atoms with Gasteiger partial charge in [0, 0.05) is 17.6 Å². The van der Waals surface area contributed by atoms with E-state index in [1.54, 1.807) is 4.90 Å². The van der Waals surface area contributed by atoms with Crippen LogP contribution < -0.4 is 4.90 Å². The number of aryl methyl sites for hydroxylation is 1. The molecule has 27 heavy (non-hydrogen) atoms. The normalized spacial score (nSPS) is 11.7. The molecule has 3 rings (SSSR count). The summed E-state index contributed by atoms with van der Waals surface area (Å²) < 4.78 is 0. The van der Waals surface area contributed by atoms with Crippen LogP contribution in [0.1, 0.15) is 19.2 Å². The van der Waals surface area contributed by atoms with E-state index in [2.05, 4.69) is 16.0 Å². The molecule has 0 spiro atoms. The first kappa shape index (κ1) is 18.9. The summed E-state index contributed by atoms with van der Waals surface area (Å²) in [7, 11) is 0. The lowest BCUT2D eigenvalue weighted by Crippen LogP contribution is -2.37. The van der Waals surface area contributed by atoms with Gasteiger partial charge in [-0.25, -0.2) is 9.97 Å². The summed E-state index contributed by atoms with van der Waals surface area (Å²) in [5.74, 6) is 0.641. The minimum Gasteiger partial charge on any atom is -0.310 e. The van der Waals surface area contributed by atoms with Gasteiger partial charge in [0.25, 0.3) is 0 Å². The Kier molecular flexibility index (Phi) is 6.05. The van der Waals surface area contributed by atoms with Crippen molar-refractivity contribution in [3.8, 4) is 6.07 Å². The van der Waals surface area contributed by atoms with Gasteiger partial charge in [0.05, 0.1) is 23.3 Å². The summed E-state index contributed by atoms with van der Waals surface area (Å²) in [5.41, 5.74) is 1.67. The molecule has 1 aromatic heterocycles. The summed E-state index contributed by atoms with van der Waals surface area (Å²) in [6, 6.07) is 19.4. The van der Waals surface area contributed by atoms with Crippen molar-refractivity contribution in [1.29, 1.82) is 5.26 Å². The van der Waals surface area contributed by atoms with E-state index < -0.39 is 0 Å². The van der Waals surface area contributed by atoms with Crippen LogP contribution in [-0.2, 0) is 4.79 Å². The van der Waals surface area contributed by atoms with Crippen LogP contribution in [0.5, 0.6) is 0 Å². The fourth-order valence-electron chi connectivity index (χ4n) is 2.82. The molecule has 5 nitrogen and oxygen atoms in total. The molecule has 0 radical (unpaired) electrons. The number of hydrogen-bond acceptors (Lipinski definition) is 5. The first-order valence-electron chi connectivity index (χ1n) is 8.73. The Hall–Kier alpha value is -2.91. The van der Waals surface area contributed by atoms with Gasteiger partial charge in [0.2, 0.25) is 5.91 Å². The van der Waals surface area contributed by atoms with E-state index in [0.717, 1.165) is 21.6 Å². The number of carbonyl (C=O) groups is 1. The Morgan fingerprint density at radius 2 is 1.85 bits per heavy atom. The molecule has 1 amide bonds. The first-order valence-corrected chi connectivity index (χ1v) is 9.61. The molecule has 1 atom stereocenters. The van der Waals surface area contributed by atoms with Crippen molar-refractivity contribution in [2.45, 2.75) is 30.5 Å². The lowest BCUT2D eigenvalue weighted by Gasteiger charge is -2.25. The summed E-state index contributed by atoms with van der Waals surface area (Å²) in [5, 5.41) is 10.3. The summed E-state index contributed by atoms with van der Waals surface area (Å²) >= 11 is 1.43. The second-order valence-electron chi connectivity index (χ2n) is 6.09. The smallest absolute Gasteiger partial charge is 0.240 e. The monoisotopic (exact) mass is 376 g/mol. The maximum absolute atomic E-state index is 13.1. The fourth-order valence-corrected chi connectivity index (χ4v) is 3.87. The Morgan fingerprint density at radius 1 is 1.15 bits per heavy atom. The molecular formula is C21H20N4OS. The van der Waals surface area contributed by atoms with Crippen LogP contribution in [0, 0.1) is 18.3 Å². The molecule has 0 aliphatic rings. The quantitative estimate of drug-likeness (QED) is 0.472. The van der Waals surface area contributed by atoms with Crippen molar-refractivity contribution in [2.75, 3.05) is 11.4 Å². The molecule has 1 heterocycles. The highest BCUT2D eigenvalue weighted by Crippen LogP contribution is 2.30. The summed E-state index contributed by atoms with van der Waals surface area (Å²) in [4.78, 5) is 23.8. The number of thioether (sulfide) groups is 1. The number of para-hydroxylation sites is 2. The zero-order valence-corrected chi connectivity index (χ0v) is 16.1. The third-order valence-corrected chi connectivity index (χ3v) is 5.19. The maximum Gasteiger partial charge on any atom is 0.240 e. The van der Waals surface area contributed by atoms with Crippen LogP contribution in [0.2, 0.25) is 0 Å². The van der Waals surface area contributed by atoms with Crippen LogP contribution >= 0.6 is 11.8 Å². The van der Waals surface area contributed by atoms with Gasteiger partial charge in [0.1, 0.15) is 10.9 Å². The number of rotatable bonds is 6. The van der Waals surface area contributed by atoms with E-state index in [1.807, 2.05) is 68.4 Å². The highest BCUT2D eigenvalue weighted by molar-refractivity contribution is 8.00. The maximum atomic E-state index is 13.1. The Labute approximate surface area is 163 Å². The fraction of sp³-hybridized carbons (Fsp3) is 0.238. The average molecular weight is 376 g/mol. The molecular weight excluding hydrogens is 356 g/mol. The van der Waals surface area contributed by atoms with Crippen molar-refractivity contribution < 1.29 is 4.79 Å². The molecule has 0 saturated carbocycles. The minimum absolute atomic E-state index is 0.0400. The zero-order chi connectivity index (χ0) is 19.2. The molecule has 0 N–H and O–H groups in total. The lowest BCUT2D eigenvalue weighted by atomic mass is 10.2. The number of amides is 1. The van der Waals surface area contributed by atoms with Crippen LogP contribution in [0.15, 0.2) is 59.6 Å². The number of nitrogens with zero attached hydrogens (tertiary/aromatic N) is 4. The molecule has 0 saturated heterocycles. The van der Waals surface area contributed by atoms with Crippen molar-refractivity contribution in [1.82, 2.24) is 9.97 Å². The zero-order valence-electron chi connectivity index (χ0n) is 15.3. The summed E-state index contributed by atoms with van der Waals surface area (Å²) in [6.45, 7) is 4.10. The van der Waals surface area contributed by atoms with Gasteiger partial charge in [-0.3, -0.25) is 4.79 Å². The molecule has 0 aliphatic carbocycles. The van der Waals surface area contributed by atoms with Gasteiger partial charge >= 0.3 is 0 Å². The van der Waals surface area contributed by atoms with Crippen LogP contribution in [-0.4, -0.2) is 27.7 Å². The molecule has 0 bridgehead atoms. The number of carbonyl (C=O) groups excluding carboxylic acids is 1. The third kappa shape index (κ3) is 4.44. The Balaban J connectivity index is 1.87. The molecule has 0 unspecified atom stereocenters. The number of benzene rings is 2. The Bertz CT molecular complexity index is 984. The largest absolute Gasteiger partial charge is 0.310 e. The van der Waals surface area contributed by atoms with Gasteiger partial charge in [0.15, 0.2) is 0 Å². The number of aromatic nitrogens is 2. The van der Waals surface area contributed by atoms with E-state index in [0.29, 0.717) is 12.4 Å². The van der Waals surface area contributed by atoms with Gasteiger partial charge in [-0.05, 0) is 32.0 Å². The van der Waals surface area contributed by atoms with Crippen LogP contribution in [0.25, 0.3) is 10.9 Å². The van der Waals surface area contributed by atoms with Crippen molar-refractivity contribution >= 4 is 34.3 Å². The van der Waals surface area contributed by atoms with Crippen molar-refractivity contribution in [3.63, 3.8) is 0 Å². The molecule has 2 aromatic carbocycles. The highest BCUT2D eigenvalue weighted by Gasteiger charge is 2.24. The second kappa shape index (κ2) is 8.65. The van der Waals surface area contributed by atoms with Gasteiger partial charge in [-0.1, -0.05) is 48.2 Å². The van der Waals surface area contributed by atoms with Crippen molar-refractivity contribution in [2.24, 2.45) is 0 Å². The van der Waals surface area contributed by atoms with E-state index in [-0.39, 0.29) is 17.6 Å². The highest BCUT2D eigenvalue weighted by atomic mass is 32.2. The molecule has 0 aliphatic heterocycles. The number of fused-ring (bicyclic) bond motifs is 1. The van der Waals surface area contributed by atoms with Crippen LogP contribution in [0.4, 0.5) is 5.69 Å². The van der Waals surface area contributed by atoms with Gasteiger partial charge in [-0.2, -0.15) is 5.26 Å². The van der Waals surface area contributed by atoms with Crippen LogP contribution in [0.3, 0.4) is 0 Å². The molecule has 6 heteroatoms. The van der Waals surface area contributed by atoms with Crippen molar-refractivity contribution in [3.05, 3.63) is 60.4 Å². The molecule has 136 valence electrons. The third-order valence-electron chi connectivity index (χ3n) is 4.10. The van der Waals surface area contributed by atoms with E-state index in [4.69, 9.17) is 5.26 Å². The SMILES string of the molecule is Cc1nc(S[C@@H](C)C(=O)N(CCC#N)c2ccccc2)c2ccccc2n1. The topological polar surface area (TPSA) is 69.9 Å².